The molecule has 0 bridgehead atoms. The number of nitrogens with one attached hydrogen (secondary N) is 1. The van der Waals surface area contributed by atoms with E-state index in [1.165, 1.54) is 15.8 Å². The van der Waals surface area contributed by atoms with Crippen LogP contribution in [0.25, 0.3) is 0 Å². The SMILES string of the molecule is CN(C)CCCNCc1csc(Br)c1. The van der Waals surface area contributed by atoms with Crippen LogP contribution in [0.3, 0.4) is 0 Å². The molecule has 0 aromatic carbocycles. The summed E-state index contributed by atoms with van der Waals surface area (Å²) in [6.07, 6.45) is 1.21. The molecule has 1 aromatic rings. The second-order valence-electron chi connectivity index (χ2n) is 3.59. The Hall–Kier alpha value is 0.100. The van der Waals surface area contributed by atoms with Gasteiger partial charge in [-0.2, -0.15) is 0 Å². The Morgan fingerprint density at radius 3 is 2.86 bits per heavy atom. The fraction of sp³-hybridized carbons (Fsp3) is 0.600. The van der Waals surface area contributed by atoms with E-state index in [2.05, 4.69) is 51.7 Å². The van der Waals surface area contributed by atoms with E-state index in [-0.39, 0.29) is 0 Å². The Labute approximate surface area is 98.4 Å². The Balaban J connectivity index is 2.04. The number of nitrogens with zero attached hydrogens (tertiary/aromatic N) is 1. The molecule has 0 unspecified atom stereocenters. The van der Waals surface area contributed by atoms with Gasteiger partial charge in [-0.25, -0.2) is 0 Å². The van der Waals surface area contributed by atoms with E-state index in [0.29, 0.717) is 0 Å². The van der Waals surface area contributed by atoms with Crippen molar-refractivity contribution < 1.29 is 0 Å². The van der Waals surface area contributed by atoms with Crippen molar-refractivity contribution >= 4 is 27.3 Å². The van der Waals surface area contributed by atoms with E-state index in [4.69, 9.17) is 0 Å². The van der Waals surface area contributed by atoms with Gasteiger partial charge in [-0.3, -0.25) is 0 Å². The van der Waals surface area contributed by atoms with Crippen LogP contribution in [0.15, 0.2) is 15.2 Å². The molecule has 1 N–H and O–H groups in total. The molecule has 0 fully saturated rings. The first kappa shape index (κ1) is 12.2. The molecule has 0 saturated heterocycles. The minimum absolute atomic E-state index is 0.982. The molecule has 0 radical (unpaired) electrons. The summed E-state index contributed by atoms with van der Waals surface area (Å²) in [5.41, 5.74) is 1.37. The van der Waals surface area contributed by atoms with E-state index in [1.54, 1.807) is 11.3 Å². The Morgan fingerprint density at radius 1 is 1.50 bits per heavy atom. The highest BCUT2D eigenvalue weighted by molar-refractivity contribution is 9.11. The topological polar surface area (TPSA) is 15.3 Å². The molecule has 1 rings (SSSR count). The molecule has 0 aliphatic rings. The first-order valence-electron chi connectivity index (χ1n) is 4.77. The number of rotatable bonds is 6. The van der Waals surface area contributed by atoms with Crippen LogP contribution in [0.5, 0.6) is 0 Å². The summed E-state index contributed by atoms with van der Waals surface area (Å²) in [5, 5.41) is 5.61. The number of hydrogen-bond acceptors (Lipinski definition) is 3. The van der Waals surface area contributed by atoms with Crippen molar-refractivity contribution in [2.24, 2.45) is 0 Å². The van der Waals surface area contributed by atoms with Crippen LogP contribution >= 0.6 is 27.3 Å². The van der Waals surface area contributed by atoms with Crippen LogP contribution in [-0.4, -0.2) is 32.1 Å². The lowest BCUT2D eigenvalue weighted by Crippen LogP contribution is -2.20. The van der Waals surface area contributed by atoms with E-state index in [0.717, 1.165) is 19.6 Å². The molecule has 80 valence electrons. The largest absolute Gasteiger partial charge is 0.313 e. The highest BCUT2D eigenvalue weighted by Crippen LogP contribution is 2.20. The van der Waals surface area contributed by atoms with Crippen molar-refractivity contribution in [2.75, 3.05) is 27.2 Å². The standard InChI is InChI=1S/C10H17BrN2S/c1-13(2)5-3-4-12-7-9-6-10(11)14-8-9/h6,8,12H,3-5,7H2,1-2H3. The summed E-state index contributed by atoms with van der Waals surface area (Å²) >= 11 is 5.20. The smallest absolute Gasteiger partial charge is 0.0701 e. The van der Waals surface area contributed by atoms with Crippen LogP contribution in [0.4, 0.5) is 0 Å². The van der Waals surface area contributed by atoms with Crippen LogP contribution in [-0.2, 0) is 6.54 Å². The van der Waals surface area contributed by atoms with Gasteiger partial charge >= 0.3 is 0 Å². The van der Waals surface area contributed by atoms with Crippen LogP contribution in [0, 0.1) is 0 Å². The third-order valence-electron chi connectivity index (χ3n) is 1.91. The third kappa shape index (κ3) is 5.10. The van der Waals surface area contributed by atoms with Gasteiger partial charge in [-0.05, 0) is 66.5 Å². The van der Waals surface area contributed by atoms with Crippen molar-refractivity contribution in [3.05, 3.63) is 20.8 Å². The second-order valence-corrected chi connectivity index (χ2v) is 5.88. The van der Waals surface area contributed by atoms with E-state index < -0.39 is 0 Å². The maximum Gasteiger partial charge on any atom is 0.0701 e. The summed E-state index contributed by atoms with van der Waals surface area (Å²) in [7, 11) is 4.21. The summed E-state index contributed by atoms with van der Waals surface area (Å²) in [6.45, 7) is 3.22. The summed E-state index contributed by atoms with van der Waals surface area (Å²) in [5.74, 6) is 0. The van der Waals surface area contributed by atoms with E-state index in [1.807, 2.05) is 0 Å². The van der Waals surface area contributed by atoms with Gasteiger partial charge in [-0.15, -0.1) is 11.3 Å². The maximum absolute atomic E-state index is 3.46. The molecule has 0 amide bonds. The predicted octanol–water partition coefficient (Wildman–Crippen LogP) is 2.55. The van der Waals surface area contributed by atoms with Crippen molar-refractivity contribution in [1.29, 1.82) is 0 Å². The van der Waals surface area contributed by atoms with E-state index in [9.17, 15) is 0 Å². The minimum atomic E-state index is 0.982. The van der Waals surface area contributed by atoms with Gasteiger partial charge in [0.2, 0.25) is 0 Å². The quantitative estimate of drug-likeness (QED) is 0.804. The highest BCUT2D eigenvalue weighted by Gasteiger charge is 1.96. The second kappa shape index (κ2) is 6.56. The minimum Gasteiger partial charge on any atom is -0.313 e. The number of hydrogen-bond donors (Lipinski definition) is 1. The van der Waals surface area contributed by atoms with Crippen molar-refractivity contribution in [1.82, 2.24) is 10.2 Å². The number of thiophene rings is 1. The van der Waals surface area contributed by atoms with Gasteiger partial charge in [0.1, 0.15) is 0 Å². The monoisotopic (exact) mass is 276 g/mol. The van der Waals surface area contributed by atoms with Crippen molar-refractivity contribution in [3.8, 4) is 0 Å². The first-order valence-corrected chi connectivity index (χ1v) is 6.44. The molecule has 0 saturated carbocycles. The van der Waals surface area contributed by atoms with Crippen molar-refractivity contribution in [2.45, 2.75) is 13.0 Å². The molecule has 0 aliphatic heterocycles. The van der Waals surface area contributed by atoms with Gasteiger partial charge < -0.3 is 10.2 Å². The first-order chi connectivity index (χ1) is 6.68. The van der Waals surface area contributed by atoms with Crippen LogP contribution in [0.2, 0.25) is 0 Å². The zero-order chi connectivity index (χ0) is 10.4. The summed E-state index contributed by atoms with van der Waals surface area (Å²) in [4.78, 5) is 2.21. The van der Waals surface area contributed by atoms with Crippen molar-refractivity contribution in [3.63, 3.8) is 0 Å². The molecule has 1 heterocycles. The lowest BCUT2D eigenvalue weighted by molar-refractivity contribution is 0.394. The Bertz CT molecular complexity index is 260. The average molecular weight is 277 g/mol. The Morgan fingerprint density at radius 2 is 2.29 bits per heavy atom. The van der Waals surface area contributed by atoms with Crippen LogP contribution < -0.4 is 5.32 Å². The Kier molecular flexibility index (Phi) is 5.70. The normalized spacial score (nSPS) is 11.1. The zero-order valence-electron chi connectivity index (χ0n) is 8.72. The summed E-state index contributed by atoms with van der Waals surface area (Å²) < 4.78 is 1.21. The molecule has 0 spiro atoms. The third-order valence-corrected chi connectivity index (χ3v) is 3.46. The van der Waals surface area contributed by atoms with E-state index >= 15 is 0 Å². The fourth-order valence-electron chi connectivity index (χ4n) is 1.19. The molecule has 1 aromatic heterocycles. The van der Waals surface area contributed by atoms with Gasteiger partial charge in [0.15, 0.2) is 0 Å². The highest BCUT2D eigenvalue weighted by atomic mass is 79.9. The molecular weight excluding hydrogens is 260 g/mol. The molecular formula is C10H17BrN2S. The fourth-order valence-corrected chi connectivity index (χ4v) is 2.40. The van der Waals surface area contributed by atoms with Crippen LogP contribution in [0.1, 0.15) is 12.0 Å². The van der Waals surface area contributed by atoms with Gasteiger partial charge in [0, 0.05) is 6.54 Å². The maximum atomic E-state index is 3.46. The average Bonchev–Trinajstić information content (AvgIpc) is 2.50. The molecule has 4 heteroatoms. The summed E-state index contributed by atoms with van der Waals surface area (Å²) in [6, 6.07) is 2.17. The molecule has 0 aliphatic carbocycles. The molecule has 0 atom stereocenters. The molecule has 2 nitrogen and oxygen atoms in total. The predicted molar refractivity (Wildman–Crippen MR) is 66.9 cm³/mol. The number of halogens is 1. The van der Waals surface area contributed by atoms with Gasteiger partial charge in [0.25, 0.3) is 0 Å². The zero-order valence-corrected chi connectivity index (χ0v) is 11.1. The molecule has 14 heavy (non-hydrogen) atoms. The lowest BCUT2D eigenvalue weighted by atomic mass is 10.3. The van der Waals surface area contributed by atoms with Gasteiger partial charge in [-0.1, -0.05) is 0 Å². The van der Waals surface area contributed by atoms with Gasteiger partial charge in [0.05, 0.1) is 3.79 Å². The lowest BCUT2D eigenvalue weighted by Gasteiger charge is -2.09.